The zero-order chi connectivity index (χ0) is 14.9. The van der Waals surface area contributed by atoms with E-state index < -0.39 is 5.97 Å². The van der Waals surface area contributed by atoms with Gasteiger partial charge in [-0.1, -0.05) is 19.9 Å². The Hall–Kier alpha value is -1.84. The molecule has 0 bridgehead atoms. The van der Waals surface area contributed by atoms with Crippen LogP contribution in [0.4, 0.5) is 0 Å². The third-order valence-corrected chi connectivity index (χ3v) is 4.00. The van der Waals surface area contributed by atoms with Crippen molar-refractivity contribution in [3.8, 4) is 0 Å². The molecule has 1 N–H and O–H groups in total. The van der Waals surface area contributed by atoms with Gasteiger partial charge in [-0.15, -0.1) is 0 Å². The van der Waals surface area contributed by atoms with Crippen molar-refractivity contribution in [2.75, 3.05) is 0 Å². The normalized spacial score (nSPS) is 12.0. The van der Waals surface area contributed by atoms with Crippen molar-refractivity contribution in [1.29, 1.82) is 0 Å². The lowest BCUT2D eigenvalue weighted by atomic mass is 9.80. The number of hydrogen-bond acceptors (Lipinski definition) is 2. The van der Waals surface area contributed by atoms with Gasteiger partial charge in [0.25, 0.3) is 0 Å². The smallest absolute Gasteiger partial charge is 0.303 e. The molecular weight excluding hydrogens is 252 g/mol. The van der Waals surface area contributed by atoms with Crippen LogP contribution in [-0.4, -0.2) is 20.6 Å². The highest BCUT2D eigenvalue weighted by Gasteiger charge is 2.22. The van der Waals surface area contributed by atoms with E-state index in [4.69, 9.17) is 5.11 Å². The number of carboxylic acid groups (broad SMARTS) is 1. The van der Waals surface area contributed by atoms with Gasteiger partial charge >= 0.3 is 5.97 Å². The number of nitrogens with zero attached hydrogens (tertiary/aromatic N) is 2. The van der Waals surface area contributed by atoms with E-state index in [2.05, 4.69) is 48.5 Å². The number of benzene rings is 1. The van der Waals surface area contributed by atoms with Gasteiger partial charge in [0.2, 0.25) is 0 Å². The summed E-state index contributed by atoms with van der Waals surface area (Å²) in [6.45, 7) is 9.20. The van der Waals surface area contributed by atoms with Crippen LogP contribution in [0.3, 0.4) is 0 Å². The van der Waals surface area contributed by atoms with Crippen LogP contribution >= 0.6 is 0 Å². The van der Waals surface area contributed by atoms with Crippen molar-refractivity contribution < 1.29 is 9.90 Å². The number of aliphatic carboxylic acids is 1. The van der Waals surface area contributed by atoms with Crippen LogP contribution in [0.25, 0.3) is 11.0 Å². The molecule has 0 spiro atoms. The van der Waals surface area contributed by atoms with E-state index in [1.807, 2.05) is 6.92 Å². The summed E-state index contributed by atoms with van der Waals surface area (Å²) in [5.74, 6) is 0.272. The van der Waals surface area contributed by atoms with Crippen LogP contribution in [-0.2, 0) is 16.8 Å². The molecule has 4 nitrogen and oxygen atoms in total. The fraction of sp³-hybridized carbons (Fsp3) is 0.500. The molecule has 4 heteroatoms. The molecule has 0 saturated carbocycles. The molecule has 1 aromatic carbocycles. The lowest BCUT2D eigenvalue weighted by Crippen LogP contribution is -2.18. The molecule has 2 rings (SSSR count). The maximum absolute atomic E-state index is 10.8. The van der Waals surface area contributed by atoms with Gasteiger partial charge in [-0.25, -0.2) is 4.98 Å². The van der Waals surface area contributed by atoms with Gasteiger partial charge < -0.3 is 9.67 Å². The Kier molecular flexibility index (Phi) is 3.84. The predicted octanol–water partition coefficient (Wildman–Crippen LogP) is 3.51. The molecule has 0 fully saturated rings. The van der Waals surface area contributed by atoms with Crippen LogP contribution < -0.4 is 0 Å². The van der Waals surface area contributed by atoms with E-state index in [1.54, 1.807) is 0 Å². The second kappa shape index (κ2) is 5.27. The highest BCUT2D eigenvalue weighted by molar-refractivity contribution is 5.77. The van der Waals surface area contributed by atoms with Crippen molar-refractivity contribution in [3.63, 3.8) is 0 Å². The first-order chi connectivity index (χ1) is 9.35. The van der Waals surface area contributed by atoms with Gasteiger partial charge in [-0.05, 0) is 43.4 Å². The largest absolute Gasteiger partial charge is 0.481 e. The quantitative estimate of drug-likeness (QED) is 0.907. The van der Waals surface area contributed by atoms with Crippen LogP contribution in [0.1, 0.15) is 45.0 Å². The number of rotatable bonds is 5. The second-order valence-corrected chi connectivity index (χ2v) is 5.88. The second-order valence-electron chi connectivity index (χ2n) is 5.88. The lowest BCUT2D eigenvalue weighted by molar-refractivity contribution is -0.137. The first-order valence-corrected chi connectivity index (χ1v) is 7.04. The van der Waals surface area contributed by atoms with E-state index in [-0.39, 0.29) is 11.8 Å². The van der Waals surface area contributed by atoms with E-state index >= 15 is 0 Å². The summed E-state index contributed by atoms with van der Waals surface area (Å²) in [4.78, 5) is 15.4. The number of carbonyl (C=O) groups is 1. The van der Waals surface area contributed by atoms with Crippen LogP contribution in [0.5, 0.6) is 0 Å². The Balaban J connectivity index is 2.38. The minimum atomic E-state index is -0.745. The molecule has 0 atom stereocenters. The predicted molar refractivity (Wildman–Crippen MR) is 80.0 cm³/mol. The Bertz CT molecular complexity index is 641. The Labute approximate surface area is 119 Å². The van der Waals surface area contributed by atoms with Gasteiger partial charge in [-0.3, -0.25) is 4.79 Å². The SMILES string of the molecule is CCn1c(C)nc2cc(C(C)(C)CCC(=O)O)ccc21. The minimum absolute atomic E-state index is 0.156. The van der Waals surface area contributed by atoms with Gasteiger partial charge in [-0.2, -0.15) is 0 Å². The molecule has 1 aromatic heterocycles. The molecule has 108 valence electrons. The molecule has 0 aliphatic carbocycles. The summed E-state index contributed by atoms with van der Waals surface area (Å²) in [5, 5.41) is 8.85. The summed E-state index contributed by atoms with van der Waals surface area (Å²) in [5.41, 5.74) is 3.12. The monoisotopic (exact) mass is 274 g/mol. The number of aryl methyl sites for hydroxylation is 2. The molecule has 1 heterocycles. The average Bonchev–Trinajstić information content (AvgIpc) is 2.70. The Morgan fingerprint density at radius 2 is 2.10 bits per heavy atom. The van der Waals surface area contributed by atoms with Crippen molar-refractivity contribution >= 4 is 17.0 Å². The van der Waals surface area contributed by atoms with Gasteiger partial charge in [0.15, 0.2) is 0 Å². The molecule has 0 unspecified atom stereocenters. The topological polar surface area (TPSA) is 55.1 Å². The highest BCUT2D eigenvalue weighted by atomic mass is 16.4. The van der Waals surface area contributed by atoms with Crippen LogP contribution in [0.2, 0.25) is 0 Å². The molecule has 0 amide bonds. The summed E-state index contributed by atoms with van der Waals surface area (Å²) >= 11 is 0. The van der Waals surface area contributed by atoms with Gasteiger partial charge in [0.05, 0.1) is 11.0 Å². The van der Waals surface area contributed by atoms with Crippen LogP contribution in [0, 0.1) is 6.92 Å². The number of imidazole rings is 1. The maximum Gasteiger partial charge on any atom is 0.303 e. The fourth-order valence-corrected chi connectivity index (χ4v) is 2.63. The van der Waals surface area contributed by atoms with E-state index in [0.29, 0.717) is 6.42 Å². The van der Waals surface area contributed by atoms with Crippen molar-refractivity contribution in [2.45, 2.75) is 52.5 Å². The third-order valence-electron chi connectivity index (χ3n) is 4.00. The standard InChI is InChI=1S/C16H22N2O2/c1-5-18-11(2)17-13-10-12(6-7-14(13)18)16(3,4)9-8-15(19)20/h6-7,10H,5,8-9H2,1-4H3,(H,19,20). The van der Waals surface area contributed by atoms with E-state index in [9.17, 15) is 4.79 Å². The first-order valence-electron chi connectivity index (χ1n) is 7.04. The molecule has 0 radical (unpaired) electrons. The van der Waals surface area contributed by atoms with E-state index in [1.165, 1.54) is 0 Å². The molecular formula is C16H22N2O2. The average molecular weight is 274 g/mol. The lowest BCUT2D eigenvalue weighted by Gasteiger charge is -2.24. The molecule has 20 heavy (non-hydrogen) atoms. The first kappa shape index (κ1) is 14.6. The molecule has 2 aromatic rings. The number of hydrogen-bond donors (Lipinski definition) is 1. The Morgan fingerprint density at radius 1 is 1.40 bits per heavy atom. The number of carboxylic acids is 1. The molecule has 0 aliphatic heterocycles. The summed E-state index contributed by atoms with van der Waals surface area (Å²) < 4.78 is 2.18. The van der Waals surface area contributed by atoms with Crippen molar-refractivity contribution in [2.24, 2.45) is 0 Å². The zero-order valence-electron chi connectivity index (χ0n) is 12.6. The minimum Gasteiger partial charge on any atom is -0.481 e. The zero-order valence-corrected chi connectivity index (χ0v) is 12.6. The van der Waals surface area contributed by atoms with Crippen molar-refractivity contribution in [3.05, 3.63) is 29.6 Å². The summed E-state index contributed by atoms with van der Waals surface area (Å²) in [7, 11) is 0. The summed E-state index contributed by atoms with van der Waals surface area (Å²) in [6.07, 6.45) is 0.814. The third kappa shape index (κ3) is 2.69. The highest BCUT2D eigenvalue weighted by Crippen LogP contribution is 2.30. The molecule has 0 saturated heterocycles. The Morgan fingerprint density at radius 3 is 2.70 bits per heavy atom. The van der Waals surface area contributed by atoms with Crippen molar-refractivity contribution in [1.82, 2.24) is 9.55 Å². The van der Waals surface area contributed by atoms with E-state index in [0.717, 1.165) is 29.0 Å². The summed E-state index contributed by atoms with van der Waals surface area (Å²) in [6, 6.07) is 6.28. The van der Waals surface area contributed by atoms with Gasteiger partial charge in [0, 0.05) is 13.0 Å². The number of fused-ring (bicyclic) bond motifs is 1. The fourth-order valence-electron chi connectivity index (χ4n) is 2.63. The maximum atomic E-state index is 10.8. The van der Waals surface area contributed by atoms with Gasteiger partial charge in [0.1, 0.15) is 5.82 Å². The molecule has 0 aliphatic rings. The van der Waals surface area contributed by atoms with Crippen LogP contribution in [0.15, 0.2) is 18.2 Å². The number of aromatic nitrogens is 2.